The smallest absolute Gasteiger partial charge is 0.123 e. The molecule has 1 aromatic heterocycles. The van der Waals surface area contributed by atoms with Gasteiger partial charge in [0.2, 0.25) is 0 Å². The van der Waals surface area contributed by atoms with Crippen molar-refractivity contribution in [2.75, 3.05) is 13.2 Å². The Balaban J connectivity index is 2.52. The predicted molar refractivity (Wildman–Crippen MR) is 77.4 cm³/mol. The third kappa shape index (κ3) is 7.13. The Kier molecular flexibility index (Phi) is 6.25. The standard InChI is InChI=1S/C15H26N2O2/c1-6-18-11-12(2)19-14-7-8-16-13(9-14)10-17-15(3,4)5/h7-9,12,17H,6,10-11H2,1-5H3. The molecule has 1 rings (SSSR count). The average molecular weight is 266 g/mol. The van der Waals surface area contributed by atoms with Crippen LogP contribution in [-0.2, 0) is 11.3 Å². The molecule has 0 saturated heterocycles. The molecule has 0 aliphatic heterocycles. The molecule has 0 saturated carbocycles. The maximum atomic E-state index is 5.80. The number of ether oxygens (including phenoxy) is 2. The van der Waals surface area contributed by atoms with Gasteiger partial charge in [0.15, 0.2) is 0 Å². The SMILES string of the molecule is CCOCC(C)Oc1ccnc(CNC(C)(C)C)c1. The van der Waals surface area contributed by atoms with Crippen LogP contribution in [-0.4, -0.2) is 29.8 Å². The van der Waals surface area contributed by atoms with Crippen molar-refractivity contribution in [1.82, 2.24) is 10.3 Å². The molecule has 0 aliphatic carbocycles. The number of pyridine rings is 1. The zero-order valence-electron chi connectivity index (χ0n) is 12.7. The van der Waals surface area contributed by atoms with E-state index >= 15 is 0 Å². The van der Waals surface area contributed by atoms with Gasteiger partial charge in [-0.3, -0.25) is 4.98 Å². The maximum Gasteiger partial charge on any atom is 0.123 e. The number of nitrogens with one attached hydrogen (secondary N) is 1. The van der Waals surface area contributed by atoms with E-state index in [1.54, 1.807) is 6.20 Å². The Morgan fingerprint density at radius 1 is 1.37 bits per heavy atom. The molecular weight excluding hydrogens is 240 g/mol. The molecule has 0 bridgehead atoms. The zero-order chi connectivity index (χ0) is 14.3. The molecule has 108 valence electrons. The van der Waals surface area contributed by atoms with Crippen molar-refractivity contribution < 1.29 is 9.47 Å². The van der Waals surface area contributed by atoms with Gasteiger partial charge in [0.1, 0.15) is 11.9 Å². The summed E-state index contributed by atoms with van der Waals surface area (Å²) >= 11 is 0. The molecular formula is C15H26N2O2. The summed E-state index contributed by atoms with van der Waals surface area (Å²) in [5.41, 5.74) is 1.07. The van der Waals surface area contributed by atoms with E-state index in [2.05, 4.69) is 31.1 Å². The van der Waals surface area contributed by atoms with E-state index in [-0.39, 0.29) is 11.6 Å². The van der Waals surface area contributed by atoms with Gasteiger partial charge < -0.3 is 14.8 Å². The minimum atomic E-state index is 0.0470. The summed E-state index contributed by atoms with van der Waals surface area (Å²) in [7, 11) is 0. The van der Waals surface area contributed by atoms with E-state index in [9.17, 15) is 0 Å². The van der Waals surface area contributed by atoms with Crippen molar-refractivity contribution in [2.45, 2.75) is 52.8 Å². The van der Waals surface area contributed by atoms with Gasteiger partial charge in [0.05, 0.1) is 12.3 Å². The first-order valence-electron chi connectivity index (χ1n) is 6.85. The van der Waals surface area contributed by atoms with Crippen molar-refractivity contribution in [2.24, 2.45) is 0 Å². The number of hydrogen-bond donors (Lipinski definition) is 1. The lowest BCUT2D eigenvalue weighted by atomic mass is 10.1. The molecule has 0 radical (unpaired) electrons. The summed E-state index contributed by atoms with van der Waals surface area (Å²) in [6.45, 7) is 12.4. The van der Waals surface area contributed by atoms with Crippen LogP contribution in [0.1, 0.15) is 40.3 Å². The van der Waals surface area contributed by atoms with Gasteiger partial charge in [0.25, 0.3) is 0 Å². The first kappa shape index (κ1) is 15.9. The first-order valence-corrected chi connectivity index (χ1v) is 6.85. The molecule has 4 nitrogen and oxygen atoms in total. The Labute approximate surface area is 116 Å². The summed E-state index contributed by atoms with van der Waals surface area (Å²) in [4.78, 5) is 4.34. The Bertz CT molecular complexity index is 375. The molecule has 0 fully saturated rings. The molecule has 1 aromatic rings. The third-order valence-corrected chi connectivity index (χ3v) is 2.48. The molecule has 1 unspecified atom stereocenters. The highest BCUT2D eigenvalue weighted by molar-refractivity contribution is 5.23. The fraction of sp³-hybridized carbons (Fsp3) is 0.667. The van der Waals surface area contributed by atoms with E-state index in [1.165, 1.54) is 0 Å². The molecule has 0 aliphatic rings. The number of hydrogen-bond acceptors (Lipinski definition) is 4. The van der Waals surface area contributed by atoms with Crippen molar-refractivity contribution in [1.29, 1.82) is 0 Å². The van der Waals surface area contributed by atoms with Crippen LogP contribution < -0.4 is 10.1 Å². The van der Waals surface area contributed by atoms with Crippen LogP contribution in [0.25, 0.3) is 0 Å². The van der Waals surface area contributed by atoms with Crippen LogP contribution in [0.5, 0.6) is 5.75 Å². The second kappa shape index (κ2) is 7.46. The molecule has 1 N–H and O–H groups in total. The molecule has 19 heavy (non-hydrogen) atoms. The Hall–Kier alpha value is -1.13. The van der Waals surface area contributed by atoms with Crippen LogP contribution in [0, 0.1) is 0 Å². The molecule has 1 heterocycles. The van der Waals surface area contributed by atoms with Crippen molar-refractivity contribution in [3.63, 3.8) is 0 Å². The largest absolute Gasteiger partial charge is 0.488 e. The number of rotatable bonds is 7. The van der Waals surface area contributed by atoms with E-state index in [1.807, 2.05) is 26.0 Å². The first-order chi connectivity index (χ1) is 8.90. The number of aromatic nitrogens is 1. The minimum absolute atomic E-state index is 0.0470. The lowest BCUT2D eigenvalue weighted by molar-refractivity contribution is 0.0656. The van der Waals surface area contributed by atoms with Crippen LogP contribution >= 0.6 is 0 Å². The van der Waals surface area contributed by atoms with Crippen LogP contribution in [0.2, 0.25) is 0 Å². The highest BCUT2D eigenvalue weighted by Gasteiger charge is 2.10. The summed E-state index contributed by atoms with van der Waals surface area (Å²) in [5.74, 6) is 0.841. The van der Waals surface area contributed by atoms with Gasteiger partial charge in [-0.1, -0.05) is 0 Å². The molecule has 0 spiro atoms. The van der Waals surface area contributed by atoms with Crippen LogP contribution in [0.3, 0.4) is 0 Å². The lowest BCUT2D eigenvalue weighted by Crippen LogP contribution is -2.35. The van der Waals surface area contributed by atoms with Gasteiger partial charge in [-0.05, 0) is 40.7 Å². The molecule has 0 amide bonds. The Morgan fingerprint density at radius 3 is 2.74 bits per heavy atom. The normalized spacial score (nSPS) is 13.3. The van der Waals surface area contributed by atoms with Gasteiger partial charge >= 0.3 is 0 Å². The van der Waals surface area contributed by atoms with Crippen molar-refractivity contribution in [3.8, 4) is 5.75 Å². The monoisotopic (exact) mass is 266 g/mol. The predicted octanol–water partition coefficient (Wildman–Crippen LogP) is 2.77. The van der Waals surface area contributed by atoms with Crippen LogP contribution in [0.15, 0.2) is 18.3 Å². The van der Waals surface area contributed by atoms with Gasteiger partial charge in [-0.25, -0.2) is 0 Å². The summed E-state index contributed by atoms with van der Waals surface area (Å²) < 4.78 is 11.1. The molecule has 4 heteroatoms. The summed E-state index contributed by atoms with van der Waals surface area (Å²) in [6, 6.07) is 3.85. The fourth-order valence-electron chi connectivity index (χ4n) is 1.53. The quantitative estimate of drug-likeness (QED) is 0.824. The minimum Gasteiger partial charge on any atom is -0.488 e. The topological polar surface area (TPSA) is 43.4 Å². The summed E-state index contributed by atoms with van der Waals surface area (Å²) in [6.07, 6.45) is 1.83. The highest BCUT2D eigenvalue weighted by Crippen LogP contribution is 2.13. The van der Waals surface area contributed by atoms with Gasteiger partial charge in [-0.15, -0.1) is 0 Å². The van der Waals surface area contributed by atoms with Crippen molar-refractivity contribution in [3.05, 3.63) is 24.0 Å². The van der Waals surface area contributed by atoms with E-state index < -0.39 is 0 Å². The Morgan fingerprint density at radius 2 is 2.11 bits per heavy atom. The highest BCUT2D eigenvalue weighted by atomic mass is 16.5. The second-order valence-corrected chi connectivity index (χ2v) is 5.67. The number of nitrogens with zero attached hydrogens (tertiary/aromatic N) is 1. The van der Waals surface area contributed by atoms with Gasteiger partial charge in [0, 0.05) is 31.0 Å². The fourth-order valence-corrected chi connectivity index (χ4v) is 1.53. The van der Waals surface area contributed by atoms with Gasteiger partial charge in [-0.2, -0.15) is 0 Å². The molecule has 1 atom stereocenters. The second-order valence-electron chi connectivity index (χ2n) is 5.67. The lowest BCUT2D eigenvalue weighted by Gasteiger charge is -2.20. The van der Waals surface area contributed by atoms with E-state index in [0.29, 0.717) is 13.2 Å². The third-order valence-electron chi connectivity index (χ3n) is 2.48. The zero-order valence-corrected chi connectivity index (χ0v) is 12.7. The van der Waals surface area contributed by atoms with E-state index in [0.717, 1.165) is 18.0 Å². The average Bonchev–Trinajstić information content (AvgIpc) is 2.33. The van der Waals surface area contributed by atoms with Crippen molar-refractivity contribution >= 4 is 0 Å². The van der Waals surface area contributed by atoms with Crippen LogP contribution in [0.4, 0.5) is 0 Å². The molecule has 0 aromatic carbocycles. The van der Waals surface area contributed by atoms with E-state index in [4.69, 9.17) is 9.47 Å². The maximum absolute atomic E-state index is 5.80. The summed E-state index contributed by atoms with van der Waals surface area (Å²) in [5, 5.41) is 3.41.